The van der Waals surface area contributed by atoms with Crippen LogP contribution in [-0.4, -0.2) is 40.6 Å². The van der Waals surface area contributed by atoms with Crippen LogP contribution in [-0.2, 0) is 18.2 Å². The minimum absolute atomic E-state index is 0.186. The van der Waals surface area contributed by atoms with Crippen LogP contribution in [0.2, 0.25) is 0 Å². The van der Waals surface area contributed by atoms with Gasteiger partial charge in [-0.25, -0.2) is 4.98 Å². The maximum absolute atomic E-state index is 5.58. The molecule has 0 aromatic carbocycles. The second kappa shape index (κ2) is 5.14. The molecule has 1 aromatic heterocycles. The first kappa shape index (κ1) is 12.5. The van der Waals surface area contributed by atoms with Gasteiger partial charge in [0.25, 0.3) is 0 Å². The van der Waals surface area contributed by atoms with Crippen molar-refractivity contribution in [3.05, 3.63) is 12.2 Å². The Morgan fingerprint density at radius 1 is 1.59 bits per heavy atom. The number of aryl methyl sites for hydroxylation is 1. The molecule has 1 fully saturated rings. The van der Waals surface area contributed by atoms with Crippen LogP contribution >= 0.6 is 0 Å². The van der Waals surface area contributed by atoms with Crippen molar-refractivity contribution >= 4 is 0 Å². The highest BCUT2D eigenvalue weighted by Crippen LogP contribution is 2.31. The number of nitrogens with one attached hydrogen (secondary N) is 1. The smallest absolute Gasteiger partial charge is 0.138 e. The molecule has 1 atom stereocenters. The normalized spacial score (nSPS) is 24.7. The van der Waals surface area contributed by atoms with Crippen molar-refractivity contribution in [2.45, 2.75) is 32.7 Å². The molecule has 1 aromatic rings. The van der Waals surface area contributed by atoms with Gasteiger partial charge >= 0.3 is 0 Å². The highest BCUT2D eigenvalue weighted by molar-refractivity contribution is 4.97. The Kier molecular flexibility index (Phi) is 3.79. The van der Waals surface area contributed by atoms with Gasteiger partial charge < -0.3 is 10.1 Å². The second-order valence-electron chi connectivity index (χ2n) is 5.31. The van der Waals surface area contributed by atoms with Crippen LogP contribution in [0.4, 0.5) is 0 Å². The van der Waals surface area contributed by atoms with Crippen LogP contribution in [0.5, 0.6) is 0 Å². The third-order valence-corrected chi connectivity index (χ3v) is 3.41. The van der Waals surface area contributed by atoms with Gasteiger partial charge in [0, 0.05) is 38.1 Å². The number of ether oxygens (including phenoxy) is 1. The van der Waals surface area contributed by atoms with Crippen LogP contribution in [0.3, 0.4) is 0 Å². The fourth-order valence-electron chi connectivity index (χ4n) is 2.23. The highest BCUT2D eigenvalue weighted by Gasteiger charge is 2.36. The average Bonchev–Trinajstić information content (AvgIpc) is 2.88. The Morgan fingerprint density at radius 3 is 2.94 bits per heavy atom. The lowest BCUT2D eigenvalue weighted by atomic mass is 9.83. The molecule has 2 rings (SSSR count). The summed E-state index contributed by atoms with van der Waals surface area (Å²) < 4.78 is 7.44. The molecule has 1 aliphatic heterocycles. The van der Waals surface area contributed by atoms with Crippen LogP contribution < -0.4 is 5.32 Å². The number of hydrogen-bond donors (Lipinski definition) is 1. The van der Waals surface area contributed by atoms with Crippen molar-refractivity contribution in [3.8, 4) is 0 Å². The van der Waals surface area contributed by atoms with Gasteiger partial charge in [-0.05, 0) is 6.42 Å². The molecular formula is C12H22N4O. The van der Waals surface area contributed by atoms with Crippen molar-refractivity contribution in [1.29, 1.82) is 0 Å². The predicted octanol–water partition coefficient (Wildman–Crippen LogP) is 0.762. The molecule has 0 spiro atoms. The van der Waals surface area contributed by atoms with Crippen molar-refractivity contribution in [3.63, 3.8) is 0 Å². The monoisotopic (exact) mass is 238 g/mol. The number of rotatable bonds is 5. The van der Waals surface area contributed by atoms with Crippen LogP contribution in [0.15, 0.2) is 6.33 Å². The van der Waals surface area contributed by atoms with Crippen LogP contribution in [0, 0.1) is 5.41 Å². The molecular weight excluding hydrogens is 216 g/mol. The lowest BCUT2D eigenvalue weighted by Crippen LogP contribution is -2.40. The molecule has 2 heterocycles. The molecule has 96 valence electrons. The van der Waals surface area contributed by atoms with Crippen molar-refractivity contribution in [1.82, 2.24) is 20.1 Å². The summed E-state index contributed by atoms with van der Waals surface area (Å²) in [5.41, 5.74) is 0.186. The number of nitrogens with zero attached hydrogens (tertiary/aromatic N) is 3. The Morgan fingerprint density at radius 2 is 2.41 bits per heavy atom. The van der Waals surface area contributed by atoms with Gasteiger partial charge in [0.05, 0.1) is 6.61 Å². The van der Waals surface area contributed by atoms with Crippen LogP contribution in [0.25, 0.3) is 0 Å². The first-order valence-electron chi connectivity index (χ1n) is 6.25. The molecule has 1 unspecified atom stereocenters. The van der Waals surface area contributed by atoms with E-state index < -0.39 is 0 Å². The molecule has 0 aliphatic carbocycles. The minimum Gasteiger partial charge on any atom is -0.381 e. The first-order chi connectivity index (χ1) is 8.11. The molecule has 1 aliphatic rings. The maximum atomic E-state index is 5.58. The predicted molar refractivity (Wildman–Crippen MR) is 65.7 cm³/mol. The lowest BCUT2D eigenvalue weighted by molar-refractivity contribution is 0.146. The number of hydrogen-bond acceptors (Lipinski definition) is 4. The average molecular weight is 238 g/mol. The van der Waals surface area contributed by atoms with E-state index in [1.54, 1.807) is 6.33 Å². The van der Waals surface area contributed by atoms with Gasteiger partial charge in [0.1, 0.15) is 12.2 Å². The van der Waals surface area contributed by atoms with Gasteiger partial charge in [-0.15, -0.1) is 0 Å². The SMILES string of the molecule is CC(C)NCC1(Cc2ncnn2C)CCOC1. The van der Waals surface area contributed by atoms with E-state index in [0.717, 1.165) is 38.4 Å². The van der Waals surface area contributed by atoms with Crippen molar-refractivity contribution in [2.24, 2.45) is 12.5 Å². The molecule has 1 saturated heterocycles. The van der Waals surface area contributed by atoms with E-state index in [0.29, 0.717) is 6.04 Å². The third-order valence-electron chi connectivity index (χ3n) is 3.41. The van der Waals surface area contributed by atoms with E-state index in [2.05, 4.69) is 29.2 Å². The first-order valence-corrected chi connectivity index (χ1v) is 6.25. The van der Waals surface area contributed by atoms with Gasteiger partial charge in [0.2, 0.25) is 0 Å². The summed E-state index contributed by atoms with van der Waals surface area (Å²) in [5, 5.41) is 7.65. The molecule has 5 nitrogen and oxygen atoms in total. The molecule has 1 N–H and O–H groups in total. The van der Waals surface area contributed by atoms with Crippen LogP contribution in [0.1, 0.15) is 26.1 Å². The second-order valence-corrected chi connectivity index (χ2v) is 5.31. The molecule has 0 saturated carbocycles. The molecule has 0 bridgehead atoms. The van der Waals surface area contributed by atoms with E-state index in [1.165, 1.54) is 0 Å². The molecule has 5 heteroatoms. The standard InChI is InChI=1S/C12H22N4O/c1-10(2)13-7-12(4-5-17-8-12)6-11-14-9-15-16(11)3/h9-10,13H,4-8H2,1-3H3. The van der Waals surface area contributed by atoms with E-state index in [1.807, 2.05) is 11.7 Å². The Hall–Kier alpha value is -0.940. The summed E-state index contributed by atoms with van der Waals surface area (Å²) in [6, 6.07) is 0.506. The zero-order valence-corrected chi connectivity index (χ0v) is 10.9. The van der Waals surface area contributed by atoms with E-state index in [9.17, 15) is 0 Å². The Labute approximate surface area is 103 Å². The fourth-order valence-corrected chi connectivity index (χ4v) is 2.23. The molecule has 0 amide bonds. The molecule has 0 radical (unpaired) electrons. The summed E-state index contributed by atoms with van der Waals surface area (Å²) in [6.45, 7) is 7.01. The number of aromatic nitrogens is 3. The van der Waals surface area contributed by atoms with E-state index in [-0.39, 0.29) is 5.41 Å². The minimum atomic E-state index is 0.186. The largest absolute Gasteiger partial charge is 0.381 e. The summed E-state index contributed by atoms with van der Waals surface area (Å²) in [7, 11) is 1.95. The van der Waals surface area contributed by atoms with Crippen molar-refractivity contribution < 1.29 is 4.74 Å². The van der Waals surface area contributed by atoms with Gasteiger partial charge in [0.15, 0.2) is 0 Å². The zero-order chi connectivity index (χ0) is 12.3. The van der Waals surface area contributed by atoms with Gasteiger partial charge in [-0.2, -0.15) is 5.10 Å². The van der Waals surface area contributed by atoms with E-state index in [4.69, 9.17) is 4.74 Å². The van der Waals surface area contributed by atoms with Gasteiger partial charge in [-0.3, -0.25) is 4.68 Å². The fraction of sp³-hybridized carbons (Fsp3) is 0.833. The highest BCUT2D eigenvalue weighted by atomic mass is 16.5. The Bertz CT molecular complexity index is 355. The topological polar surface area (TPSA) is 52.0 Å². The molecule has 17 heavy (non-hydrogen) atoms. The van der Waals surface area contributed by atoms with Crippen molar-refractivity contribution in [2.75, 3.05) is 19.8 Å². The summed E-state index contributed by atoms with van der Waals surface area (Å²) in [4.78, 5) is 4.32. The zero-order valence-electron chi connectivity index (χ0n) is 10.9. The summed E-state index contributed by atoms with van der Waals surface area (Å²) in [6.07, 6.45) is 3.65. The lowest BCUT2D eigenvalue weighted by Gasteiger charge is -2.28. The van der Waals surface area contributed by atoms with Gasteiger partial charge in [-0.1, -0.05) is 13.8 Å². The Balaban J connectivity index is 2.04. The van der Waals surface area contributed by atoms with E-state index >= 15 is 0 Å². The third kappa shape index (κ3) is 3.04. The maximum Gasteiger partial charge on any atom is 0.138 e. The quantitative estimate of drug-likeness (QED) is 0.823. The summed E-state index contributed by atoms with van der Waals surface area (Å²) >= 11 is 0. The summed E-state index contributed by atoms with van der Waals surface area (Å²) in [5.74, 6) is 1.04.